The monoisotopic (exact) mass is 492 g/mol. The summed E-state index contributed by atoms with van der Waals surface area (Å²) in [6.45, 7) is 1.19. The van der Waals surface area contributed by atoms with Gasteiger partial charge < -0.3 is 14.5 Å². The molecule has 0 unspecified atom stereocenters. The number of sulfonamides is 1. The van der Waals surface area contributed by atoms with Crippen molar-refractivity contribution in [2.75, 3.05) is 31.6 Å². The first-order chi connectivity index (χ1) is 14.3. The van der Waals surface area contributed by atoms with E-state index < -0.39 is 21.6 Å². The van der Waals surface area contributed by atoms with Crippen molar-refractivity contribution < 1.29 is 22.4 Å². The zero-order chi connectivity index (χ0) is 21.3. The van der Waals surface area contributed by atoms with Gasteiger partial charge in [0.15, 0.2) is 0 Å². The summed E-state index contributed by atoms with van der Waals surface area (Å²) in [5.41, 5.74) is 0.637. The number of rotatable bonds is 4. The van der Waals surface area contributed by atoms with Gasteiger partial charge in [0.25, 0.3) is 5.91 Å². The van der Waals surface area contributed by atoms with E-state index in [4.69, 9.17) is 9.15 Å². The number of hydrogen-bond donors (Lipinski definition) is 1. The van der Waals surface area contributed by atoms with E-state index in [-0.39, 0.29) is 23.5 Å². The first kappa shape index (κ1) is 20.7. The van der Waals surface area contributed by atoms with Gasteiger partial charge in [-0.3, -0.25) is 4.79 Å². The number of anilines is 1. The van der Waals surface area contributed by atoms with Crippen LogP contribution in [0, 0.1) is 0 Å². The van der Waals surface area contributed by atoms with Gasteiger partial charge in [0.1, 0.15) is 5.58 Å². The quantitative estimate of drug-likeness (QED) is 0.561. The molecule has 0 aliphatic carbocycles. The highest BCUT2D eigenvalue weighted by molar-refractivity contribution is 9.10. The summed E-state index contributed by atoms with van der Waals surface area (Å²) in [5.74, 6) is -0.460. The maximum atomic E-state index is 13.0. The Morgan fingerprint density at radius 3 is 2.57 bits per heavy atom. The summed E-state index contributed by atoms with van der Waals surface area (Å²) in [5, 5.41) is 3.39. The molecule has 1 amide bonds. The summed E-state index contributed by atoms with van der Waals surface area (Å²) in [6.07, 6.45) is 0. The van der Waals surface area contributed by atoms with E-state index in [2.05, 4.69) is 21.2 Å². The maximum absolute atomic E-state index is 13.0. The molecular formula is C20H17BrN2O6S. The van der Waals surface area contributed by atoms with Gasteiger partial charge in [0.2, 0.25) is 10.0 Å². The van der Waals surface area contributed by atoms with E-state index in [1.165, 1.54) is 28.6 Å². The van der Waals surface area contributed by atoms with E-state index in [1.54, 1.807) is 24.3 Å². The Hall–Kier alpha value is -2.53. The lowest BCUT2D eigenvalue weighted by Gasteiger charge is -2.26. The Morgan fingerprint density at radius 1 is 1.03 bits per heavy atom. The molecule has 0 spiro atoms. The van der Waals surface area contributed by atoms with E-state index in [1.807, 2.05) is 0 Å². The number of morpholine rings is 1. The highest BCUT2D eigenvalue weighted by atomic mass is 79.9. The van der Waals surface area contributed by atoms with Gasteiger partial charge in [-0.05, 0) is 58.4 Å². The van der Waals surface area contributed by atoms with Crippen molar-refractivity contribution in [1.29, 1.82) is 0 Å². The second-order valence-corrected chi connectivity index (χ2v) is 9.38. The summed E-state index contributed by atoms with van der Waals surface area (Å²) in [4.78, 5) is 24.1. The Morgan fingerprint density at radius 2 is 1.80 bits per heavy atom. The molecule has 1 N–H and O–H groups in total. The normalized spacial score (nSPS) is 15.2. The van der Waals surface area contributed by atoms with Gasteiger partial charge in [-0.2, -0.15) is 4.31 Å². The van der Waals surface area contributed by atoms with Crippen LogP contribution in [0.2, 0.25) is 0 Å². The van der Waals surface area contributed by atoms with Gasteiger partial charge in [0, 0.05) is 40.3 Å². The van der Waals surface area contributed by atoms with Crippen LogP contribution in [0.4, 0.5) is 5.69 Å². The smallest absolute Gasteiger partial charge is 0.336 e. The van der Waals surface area contributed by atoms with Gasteiger partial charge >= 0.3 is 5.63 Å². The van der Waals surface area contributed by atoms with Gasteiger partial charge in [-0.15, -0.1) is 0 Å². The molecule has 0 saturated carbocycles. The highest BCUT2D eigenvalue weighted by Crippen LogP contribution is 2.27. The van der Waals surface area contributed by atoms with Crippen molar-refractivity contribution in [3.63, 3.8) is 0 Å². The summed E-state index contributed by atoms with van der Waals surface area (Å²) >= 11 is 3.28. The molecule has 1 fully saturated rings. The van der Waals surface area contributed by atoms with E-state index in [0.29, 0.717) is 34.3 Å². The van der Waals surface area contributed by atoms with Crippen molar-refractivity contribution in [3.05, 3.63) is 69.0 Å². The molecule has 1 aliphatic heterocycles. The van der Waals surface area contributed by atoms with Crippen LogP contribution in [-0.4, -0.2) is 44.9 Å². The zero-order valence-electron chi connectivity index (χ0n) is 15.6. The fourth-order valence-electron chi connectivity index (χ4n) is 3.12. The van der Waals surface area contributed by atoms with E-state index in [9.17, 15) is 18.0 Å². The van der Waals surface area contributed by atoms with Crippen molar-refractivity contribution in [3.8, 4) is 0 Å². The standard InChI is InChI=1S/C20H17BrN2O6S/c21-16-4-1-14(12-18(16)30(26,27)23-7-9-28-10-8-23)20(25)22-15-3-5-17-13(11-15)2-6-19(24)29-17/h1-6,11-12H,7-10H2,(H,22,25). The fourth-order valence-corrected chi connectivity index (χ4v) is 5.48. The van der Waals surface area contributed by atoms with E-state index >= 15 is 0 Å². The number of halogens is 1. The van der Waals surface area contributed by atoms with Crippen molar-refractivity contribution in [2.24, 2.45) is 0 Å². The predicted molar refractivity (Wildman–Crippen MR) is 114 cm³/mol. The molecule has 1 aliphatic rings. The highest BCUT2D eigenvalue weighted by Gasteiger charge is 2.29. The minimum absolute atomic E-state index is 0.0253. The Labute approximate surface area is 180 Å². The number of hydrogen-bond acceptors (Lipinski definition) is 6. The third kappa shape index (κ3) is 4.17. The molecule has 3 aromatic rings. The number of nitrogens with zero attached hydrogens (tertiary/aromatic N) is 1. The average Bonchev–Trinajstić information content (AvgIpc) is 2.74. The molecule has 2 aromatic carbocycles. The Kier molecular flexibility index (Phi) is 5.74. The zero-order valence-corrected chi connectivity index (χ0v) is 18.0. The minimum atomic E-state index is -3.77. The van der Waals surface area contributed by atoms with Gasteiger partial charge in [-0.1, -0.05) is 0 Å². The van der Waals surface area contributed by atoms with Crippen LogP contribution in [0.25, 0.3) is 11.0 Å². The van der Waals surface area contributed by atoms with Crippen LogP contribution in [-0.2, 0) is 14.8 Å². The van der Waals surface area contributed by atoms with Crippen molar-refractivity contribution >= 4 is 48.5 Å². The van der Waals surface area contributed by atoms with Crippen LogP contribution in [0.1, 0.15) is 10.4 Å². The van der Waals surface area contributed by atoms with Gasteiger partial charge in [0.05, 0.1) is 18.1 Å². The molecule has 156 valence electrons. The second kappa shape index (κ2) is 8.31. The molecule has 0 bridgehead atoms. The fraction of sp³-hybridized carbons (Fsp3) is 0.200. The van der Waals surface area contributed by atoms with Crippen LogP contribution < -0.4 is 10.9 Å². The molecule has 1 aromatic heterocycles. The van der Waals surface area contributed by atoms with Crippen molar-refractivity contribution in [2.45, 2.75) is 4.90 Å². The molecule has 10 heteroatoms. The predicted octanol–water partition coefficient (Wildman–Crippen LogP) is 2.83. The topological polar surface area (TPSA) is 106 Å². The number of benzene rings is 2. The van der Waals surface area contributed by atoms with E-state index in [0.717, 1.165) is 0 Å². The minimum Gasteiger partial charge on any atom is -0.423 e. The number of nitrogens with one attached hydrogen (secondary N) is 1. The van der Waals surface area contributed by atoms with Crippen LogP contribution in [0.5, 0.6) is 0 Å². The van der Waals surface area contributed by atoms with Crippen molar-refractivity contribution in [1.82, 2.24) is 4.31 Å². The molecule has 2 heterocycles. The lowest BCUT2D eigenvalue weighted by atomic mass is 10.2. The largest absolute Gasteiger partial charge is 0.423 e. The lowest BCUT2D eigenvalue weighted by molar-refractivity contribution is 0.0730. The van der Waals surface area contributed by atoms with Crippen LogP contribution in [0.15, 0.2) is 67.1 Å². The summed E-state index contributed by atoms with van der Waals surface area (Å²) in [6, 6.07) is 12.2. The lowest BCUT2D eigenvalue weighted by Crippen LogP contribution is -2.40. The number of carbonyl (C=O) groups is 1. The second-order valence-electron chi connectivity index (χ2n) is 6.62. The van der Waals surface area contributed by atoms with Gasteiger partial charge in [-0.25, -0.2) is 13.2 Å². The number of fused-ring (bicyclic) bond motifs is 1. The molecule has 0 atom stereocenters. The van der Waals surface area contributed by atoms with Crippen LogP contribution >= 0.6 is 15.9 Å². The molecule has 30 heavy (non-hydrogen) atoms. The molecule has 1 saturated heterocycles. The Bertz CT molecular complexity index is 1280. The molecular weight excluding hydrogens is 476 g/mol. The third-order valence-electron chi connectivity index (χ3n) is 4.66. The Balaban J connectivity index is 1.61. The number of amides is 1. The summed E-state index contributed by atoms with van der Waals surface area (Å²) in [7, 11) is -3.77. The molecule has 8 nitrogen and oxygen atoms in total. The first-order valence-electron chi connectivity index (χ1n) is 9.07. The SMILES string of the molecule is O=C(Nc1ccc2oc(=O)ccc2c1)c1ccc(Br)c(S(=O)(=O)N2CCOCC2)c1. The van der Waals surface area contributed by atoms with Crippen LogP contribution in [0.3, 0.4) is 0 Å². The first-order valence-corrected chi connectivity index (χ1v) is 11.3. The maximum Gasteiger partial charge on any atom is 0.336 e. The third-order valence-corrected chi connectivity index (χ3v) is 7.55. The number of carbonyl (C=O) groups excluding carboxylic acids is 1. The summed E-state index contributed by atoms with van der Waals surface area (Å²) < 4.78 is 38.0. The molecule has 4 rings (SSSR count). The molecule has 0 radical (unpaired) electrons. The average molecular weight is 493 g/mol. The number of ether oxygens (including phenoxy) is 1.